The van der Waals surface area contributed by atoms with Crippen molar-refractivity contribution in [3.63, 3.8) is 0 Å². The third-order valence-electron chi connectivity index (χ3n) is 2.75. The molecule has 1 aromatic heterocycles. The molecule has 0 saturated heterocycles. The number of thiophene rings is 1. The van der Waals surface area contributed by atoms with Crippen LogP contribution in [0.3, 0.4) is 0 Å². The second kappa shape index (κ2) is 7.24. The van der Waals surface area contributed by atoms with E-state index >= 15 is 0 Å². The van der Waals surface area contributed by atoms with E-state index in [-0.39, 0.29) is 22.3 Å². The fraction of sp³-hybridized carbons (Fsp3) is 0.615. The molecule has 0 radical (unpaired) electrons. The molecule has 0 atom stereocenters. The van der Waals surface area contributed by atoms with E-state index in [0.717, 1.165) is 17.6 Å². The van der Waals surface area contributed by atoms with E-state index in [1.165, 1.54) is 0 Å². The fourth-order valence-electron chi connectivity index (χ4n) is 1.74. The van der Waals surface area contributed by atoms with Gasteiger partial charge < -0.3 is 15.8 Å². The molecule has 120 valence electrons. The zero-order chi connectivity index (χ0) is 16.2. The molecule has 3 N–H and O–H groups in total. The molecule has 0 spiro atoms. The number of ether oxygens (including phenoxy) is 1. The van der Waals surface area contributed by atoms with Crippen LogP contribution in [0.25, 0.3) is 0 Å². The Morgan fingerprint density at radius 2 is 2.05 bits per heavy atom. The Bertz CT molecular complexity index is 606. The van der Waals surface area contributed by atoms with Gasteiger partial charge in [-0.15, -0.1) is 11.3 Å². The van der Waals surface area contributed by atoms with Crippen LogP contribution in [0.2, 0.25) is 0 Å². The van der Waals surface area contributed by atoms with E-state index < -0.39 is 9.84 Å². The summed E-state index contributed by atoms with van der Waals surface area (Å²) in [6.45, 7) is 6.87. The highest BCUT2D eigenvalue weighted by Gasteiger charge is 2.27. The highest BCUT2D eigenvalue weighted by molar-refractivity contribution is 7.91. The first-order chi connectivity index (χ1) is 9.70. The second-order valence-corrected chi connectivity index (χ2v) is 7.89. The lowest BCUT2D eigenvalue weighted by Crippen LogP contribution is -2.11. The molecule has 0 bridgehead atoms. The van der Waals surface area contributed by atoms with Crippen molar-refractivity contribution >= 4 is 37.6 Å². The van der Waals surface area contributed by atoms with E-state index in [0.29, 0.717) is 29.6 Å². The van der Waals surface area contributed by atoms with Crippen LogP contribution in [-0.2, 0) is 14.6 Å². The molecular formula is C13H22N2O4S2. The quantitative estimate of drug-likeness (QED) is 0.557. The van der Waals surface area contributed by atoms with Crippen LogP contribution < -0.4 is 11.1 Å². The van der Waals surface area contributed by atoms with Crippen LogP contribution in [0, 0.1) is 5.92 Å². The molecular weight excluding hydrogens is 312 g/mol. The summed E-state index contributed by atoms with van der Waals surface area (Å²) in [5.74, 6) is -0.394. The molecule has 0 saturated carbocycles. The van der Waals surface area contributed by atoms with Gasteiger partial charge in [0.1, 0.15) is 9.90 Å². The largest absolute Gasteiger partial charge is 0.396 e. The van der Waals surface area contributed by atoms with Gasteiger partial charge in [0.15, 0.2) is 15.6 Å². The Hall–Kier alpha value is -1.12. The van der Waals surface area contributed by atoms with Crippen LogP contribution in [-0.4, -0.2) is 40.2 Å². The fourth-order valence-corrected chi connectivity index (χ4v) is 4.42. The first-order valence-corrected chi connectivity index (χ1v) is 9.39. The molecule has 8 heteroatoms. The summed E-state index contributed by atoms with van der Waals surface area (Å²) in [6, 6.07) is 0. The normalized spacial score (nSPS) is 11.9. The van der Waals surface area contributed by atoms with Gasteiger partial charge in [-0.05, 0) is 6.92 Å². The van der Waals surface area contributed by atoms with Crippen molar-refractivity contribution < 1.29 is 17.9 Å². The first kappa shape index (κ1) is 17.9. The number of Topliss-reactive ketones (excluding diaryl/α,β-unsaturated/α-hetero) is 1. The van der Waals surface area contributed by atoms with Crippen molar-refractivity contribution in [3.05, 3.63) is 4.88 Å². The molecule has 0 aliphatic heterocycles. The van der Waals surface area contributed by atoms with Crippen molar-refractivity contribution in [2.45, 2.75) is 25.7 Å². The zero-order valence-corrected chi connectivity index (χ0v) is 14.4. The summed E-state index contributed by atoms with van der Waals surface area (Å²) in [6.07, 6.45) is 1.09. The van der Waals surface area contributed by atoms with Crippen LogP contribution in [0.1, 0.15) is 30.4 Å². The van der Waals surface area contributed by atoms with E-state index in [2.05, 4.69) is 5.32 Å². The highest BCUT2D eigenvalue weighted by atomic mass is 32.2. The molecule has 0 aliphatic carbocycles. The molecule has 1 rings (SSSR count). The van der Waals surface area contributed by atoms with Gasteiger partial charge in [-0.3, -0.25) is 4.79 Å². The Balaban J connectivity index is 3.17. The number of anilines is 2. The van der Waals surface area contributed by atoms with Crippen LogP contribution in [0.4, 0.5) is 10.7 Å². The van der Waals surface area contributed by atoms with Crippen LogP contribution in [0.15, 0.2) is 4.90 Å². The number of nitrogens with two attached hydrogens (primary N) is 1. The molecule has 1 aromatic rings. The number of ketones is 1. The third kappa shape index (κ3) is 4.42. The van der Waals surface area contributed by atoms with E-state index in [1.807, 2.05) is 6.92 Å². The van der Waals surface area contributed by atoms with Gasteiger partial charge in [-0.1, -0.05) is 13.8 Å². The lowest BCUT2D eigenvalue weighted by Gasteiger charge is -2.06. The van der Waals surface area contributed by atoms with E-state index in [9.17, 15) is 13.2 Å². The molecule has 0 aliphatic rings. The zero-order valence-electron chi connectivity index (χ0n) is 12.7. The SMILES string of the molecule is CCOCCNc1sc(C(=O)C(C)C)c(N)c1S(C)(=O)=O. The number of carbonyl (C=O) groups is 1. The smallest absolute Gasteiger partial charge is 0.180 e. The summed E-state index contributed by atoms with van der Waals surface area (Å²) >= 11 is 1.09. The molecule has 0 unspecified atom stereocenters. The summed E-state index contributed by atoms with van der Waals surface area (Å²) in [7, 11) is -3.52. The lowest BCUT2D eigenvalue weighted by molar-refractivity contribution is 0.0944. The number of rotatable bonds is 8. The number of nitrogens with one attached hydrogen (secondary N) is 1. The Morgan fingerprint density at radius 3 is 2.52 bits per heavy atom. The van der Waals surface area contributed by atoms with Gasteiger partial charge in [-0.2, -0.15) is 0 Å². The topological polar surface area (TPSA) is 98.5 Å². The average molecular weight is 334 g/mol. The lowest BCUT2D eigenvalue weighted by atomic mass is 10.1. The van der Waals surface area contributed by atoms with Crippen molar-refractivity contribution in [1.82, 2.24) is 0 Å². The number of hydrogen-bond acceptors (Lipinski definition) is 7. The van der Waals surface area contributed by atoms with Crippen LogP contribution in [0.5, 0.6) is 0 Å². The van der Waals surface area contributed by atoms with Crippen molar-refractivity contribution in [2.24, 2.45) is 5.92 Å². The molecule has 0 amide bonds. The molecule has 0 fully saturated rings. The predicted molar refractivity (Wildman–Crippen MR) is 86.0 cm³/mol. The Morgan fingerprint density at radius 1 is 1.43 bits per heavy atom. The Labute approximate surface area is 129 Å². The monoisotopic (exact) mass is 334 g/mol. The summed E-state index contributed by atoms with van der Waals surface area (Å²) in [4.78, 5) is 12.4. The maximum absolute atomic E-state index is 12.1. The van der Waals surface area contributed by atoms with Crippen molar-refractivity contribution in [3.8, 4) is 0 Å². The second-order valence-electron chi connectivity index (χ2n) is 4.92. The average Bonchev–Trinajstić information content (AvgIpc) is 2.70. The van der Waals surface area contributed by atoms with Gasteiger partial charge in [0.25, 0.3) is 0 Å². The summed E-state index contributed by atoms with van der Waals surface area (Å²) in [5, 5.41) is 3.39. The van der Waals surface area contributed by atoms with Gasteiger partial charge in [0.2, 0.25) is 0 Å². The first-order valence-electron chi connectivity index (χ1n) is 6.68. The van der Waals surface area contributed by atoms with Crippen molar-refractivity contribution in [1.29, 1.82) is 0 Å². The Kier molecular flexibility index (Phi) is 6.18. The maximum atomic E-state index is 12.1. The molecule has 21 heavy (non-hydrogen) atoms. The maximum Gasteiger partial charge on any atom is 0.180 e. The van der Waals surface area contributed by atoms with Gasteiger partial charge in [0.05, 0.1) is 17.2 Å². The minimum absolute atomic E-state index is 0.00741. The highest BCUT2D eigenvalue weighted by Crippen LogP contribution is 2.40. The van der Waals surface area contributed by atoms with Gasteiger partial charge >= 0.3 is 0 Å². The van der Waals surface area contributed by atoms with Crippen molar-refractivity contribution in [2.75, 3.05) is 37.1 Å². The number of nitrogen functional groups attached to an aromatic ring is 1. The molecule has 1 heterocycles. The standard InChI is InChI=1S/C13H22N2O4S2/c1-5-19-7-6-15-13-12(21(4,17)18)9(14)11(20-13)10(16)8(2)3/h8,15H,5-7,14H2,1-4H3. The van der Waals surface area contributed by atoms with Gasteiger partial charge in [-0.25, -0.2) is 8.42 Å². The van der Waals surface area contributed by atoms with E-state index in [4.69, 9.17) is 10.5 Å². The number of carbonyl (C=O) groups excluding carboxylic acids is 1. The van der Waals surface area contributed by atoms with Crippen LogP contribution >= 0.6 is 11.3 Å². The predicted octanol–water partition coefficient (Wildman–Crippen LogP) is 2.02. The summed E-state index contributed by atoms with van der Waals surface area (Å²) < 4.78 is 29.0. The number of hydrogen-bond donors (Lipinski definition) is 2. The minimum atomic E-state index is -3.52. The molecule has 0 aromatic carbocycles. The van der Waals surface area contributed by atoms with Gasteiger partial charge in [0, 0.05) is 25.3 Å². The van der Waals surface area contributed by atoms with E-state index in [1.54, 1.807) is 13.8 Å². The minimum Gasteiger partial charge on any atom is -0.396 e. The summed E-state index contributed by atoms with van der Waals surface area (Å²) in [5.41, 5.74) is 5.94. The molecule has 6 nitrogen and oxygen atoms in total. The number of sulfone groups is 1. The third-order valence-corrected chi connectivity index (χ3v) is 5.23.